The lowest BCUT2D eigenvalue weighted by atomic mass is 9.92. The largest absolute Gasteiger partial charge is 0.0689 e. The Morgan fingerprint density at radius 1 is 0.727 bits per heavy atom. The molecule has 1 rings (SSSR count). The van der Waals surface area contributed by atoms with Crippen LogP contribution in [0.2, 0.25) is 24.2 Å². The van der Waals surface area contributed by atoms with Gasteiger partial charge in [0.2, 0.25) is 0 Å². The first-order chi connectivity index (χ1) is 4.89. The average molecular weight is 170 g/mol. The highest BCUT2D eigenvalue weighted by Gasteiger charge is 2.48. The Hall–Kier alpha value is 0.217. The normalized spacial score (nSPS) is 49.6. The second-order valence-corrected chi connectivity index (χ2v) is 10.6. The van der Waals surface area contributed by atoms with Gasteiger partial charge < -0.3 is 0 Å². The van der Waals surface area contributed by atoms with Crippen LogP contribution < -0.4 is 0 Å². The van der Waals surface area contributed by atoms with Crippen LogP contribution in [-0.4, -0.2) is 8.07 Å². The van der Waals surface area contributed by atoms with E-state index in [4.69, 9.17) is 0 Å². The van der Waals surface area contributed by atoms with E-state index in [-0.39, 0.29) is 0 Å². The van der Waals surface area contributed by atoms with Crippen LogP contribution in [0.4, 0.5) is 0 Å². The zero-order valence-corrected chi connectivity index (χ0v) is 9.81. The van der Waals surface area contributed by atoms with Crippen molar-refractivity contribution in [3.05, 3.63) is 0 Å². The number of rotatable bonds is 0. The van der Waals surface area contributed by atoms with E-state index in [1.165, 1.54) is 0 Å². The number of hydrogen-bond acceptors (Lipinski definition) is 0. The molecule has 66 valence electrons. The summed E-state index contributed by atoms with van der Waals surface area (Å²) in [6, 6.07) is 0. The Kier molecular flexibility index (Phi) is 2.21. The fourth-order valence-corrected chi connectivity index (χ4v) is 6.83. The van der Waals surface area contributed by atoms with Gasteiger partial charge in [0.15, 0.2) is 0 Å². The molecule has 1 aliphatic rings. The lowest BCUT2D eigenvalue weighted by Crippen LogP contribution is -2.30. The van der Waals surface area contributed by atoms with Crippen molar-refractivity contribution in [2.75, 3.05) is 0 Å². The molecule has 0 spiro atoms. The lowest BCUT2D eigenvalue weighted by molar-refractivity contribution is 0.406. The van der Waals surface area contributed by atoms with Crippen molar-refractivity contribution in [1.82, 2.24) is 0 Å². The molecule has 0 aliphatic carbocycles. The quantitative estimate of drug-likeness (QED) is 0.486. The van der Waals surface area contributed by atoms with Crippen LogP contribution >= 0.6 is 0 Å². The SMILES string of the molecule is CC1C(C)C(C)[Si](C)(C)C1C. The Balaban J connectivity index is 2.87. The molecule has 11 heavy (non-hydrogen) atoms. The zero-order chi connectivity index (χ0) is 8.81. The molecular formula is C10H22Si. The molecule has 0 aromatic carbocycles. The summed E-state index contributed by atoms with van der Waals surface area (Å²) in [5, 5.41) is 0. The first-order valence-corrected chi connectivity index (χ1v) is 8.04. The predicted molar refractivity (Wildman–Crippen MR) is 54.7 cm³/mol. The second-order valence-electron chi connectivity index (χ2n) is 5.12. The van der Waals surface area contributed by atoms with E-state index in [0.29, 0.717) is 0 Å². The topological polar surface area (TPSA) is 0 Å². The minimum Gasteiger partial charge on any atom is -0.0689 e. The highest BCUT2D eigenvalue weighted by Crippen LogP contribution is 2.53. The molecule has 1 heterocycles. The third-order valence-electron chi connectivity index (χ3n) is 4.75. The third-order valence-corrected chi connectivity index (χ3v) is 10.5. The molecule has 4 unspecified atom stereocenters. The van der Waals surface area contributed by atoms with Crippen molar-refractivity contribution in [3.8, 4) is 0 Å². The molecule has 0 nitrogen and oxygen atoms in total. The molecule has 0 amide bonds. The van der Waals surface area contributed by atoms with Crippen molar-refractivity contribution in [1.29, 1.82) is 0 Å². The highest BCUT2D eigenvalue weighted by molar-refractivity contribution is 6.80. The first-order valence-electron chi connectivity index (χ1n) is 4.89. The van der Waals surface area contributed by atoms with Crippen LogP contribution in [0, 0.1) is 11.8 Å². The van der Waals surface area contributed by atoms with Crippen LogP contribution in [0.15, 0.2) is 0 Å². The summed E-state index contributed by atoms with van der Waals surface area (Å²) in [6.45, 7) is 14.9. The van der Waals surface area contributed by atoms with Crippen LogP contribution in [0.3, 0.4) is 0 Å². The third kappa shape index (κ3) is 1.18. The van der Waals surface area contributed by atoms with Crippen LogP contribution in [0.25, 0.3) is 0 Å². The first kappa shape index (κ1) is 9.31. The Bertz CT molecular complexity index is 135. The molecule has 0 radical (unpaired) electrons. The fraction of sp³-hybridized carbons (Fsp3) is 1.00. The van der Waals surface area contributed by atoms with Crippen molar-refractivity contribution in [2.24, 2.45) is 11.8 Å². The van der Waals surface area contributed by atoms with Crippen molar-refractivity contribution >= 4 is 8.07 Å². The van der Waals surface area contributed by atoms with E-state index in [0.717, 1.165) is 22.9 Å². The van der Waals surface area contributed by atoms with Gasteiger partial charge in [0.05, 0.1) is 8.07 Å². The summed E-state index contributed by atoms with van der Waals surface area (Å²) >= 11 is 0. The van der Waals surface area contributed by atoms with Crippen molar-refractivity contribution < 1.29 is 0 Å². The van der Waals surface area contributed by atoms with E-state index in [2.05, 4.69) is 40.8 Å². The van der Waals surface area contributed by atoms with Crippen molar-refractivity contribution in [2.45, 2.75) is 51.9 Å². The highest BCUT2D eigenvalue weighted by atomic mass is 28.3. The summed E-state index contributed by atoms with van der Waals surface area (Å²) in [4.78, 5) is 0. The molecule has 0 N–H and O–H groups in total. The van der Waals surface area contributed by atoms with Gasteiger partial charge in [0.25, 0.3) is 0 Å². The summed E-state index contributed by atoms with van der Waals surface area (Å²) < 4.78 is 0. The van der Waals surface area contributed by atoms with Gasteiger partial charge in [-0.15, -0.1) is 0 Å². The van der Waals surface area contributed by atoms with Crippen LogP contribution in [-0.2, 0) is 0 Å². The van der Waals surface area contributed by atoms with E-state index in [9.17, 15) is 0 Å². The van der Waals surface area contributed by atoms with E-state index < -0.39 is 8.07 Å². The maximum Gasteiger partial charge on any atom is 0.0535 e. The molecule has 1 heteroatoms. The summed E-state index contributed by atoms with van der Waals surface area (Å²) in [5.41, 5.74) is 2.04. The average Bonchev–Trinajstić information content (AvgIpc) is 2.06. The maximum atomic E-state index is 2.56. The predicted octanol–water partition coefficient (Wildman–Crippen LogP) is 3.76. The Morgan fingerprint density at radius 3 is 1.09 bits per heavy atom. The molecular weight excluding hydrogens is 148 g/mol. The van der Waals surface area contributed by atoms with Gasteiger partial charge in [-0.1, -0.05) is 40.8 Å². The lowest BCUT2D eigenvalue weighted by Gasteiger charge is -2.27. The monoisotopic (exact) mass is 170 g/mol. The fourth-order valence-electron chi connectivity index (χ4n) is 2.68. The Morgan fingerprint density at radius 2 is 1.00 bits per heavy atom. The molecule has 0 aromatic heterocycles. The van der Waals surface area contributed by atoms with E-state index in [1.807, 2.05) is 0 Å². The summed E-state index contributed by atoms with van der Waals surface area (Å²) in [5.74, 6) is 1.93. The minimum absolute atomic E-state index is 0.873. The molecule has 0 saturated carbocycles. The molecule has 1 fully saturated rings. The minimum atomic E-state index is -0.873. The van der Waals surface area contributed by atoms with Crippen LogP contribution in [0.1, 0.15) is 27.7 Å². The second kappa shape index (κ2) is 2.62. The van der Waals surface area contributed by atoms with Crippen molar-refractivity contribution in [3.63, 3.8) is 0 Å². The Labute approximate surface area is 72.4 Å². The maximum absolute atomic E-state index is 2.56. The van der Waals surface area contributed by atoms with Gasteiger partial charge in [-0.2, -0.15) is 0 Å². The van der Waals surface area contributed by atoms with Gasteiger partial charge in [0, 0.05) is 0 Å². The zero-order valence-electron chi connectivity index (χ0n) is 8.81. The molecule has 1 aliphatic heterocycles. The molecule has 1 saturated heterocycles. The van der Waals surface area contributed by atoms with E-state index in [1.54, 1.807) is 0 Å². The van der Waals surface area contributed by atoms with E-state index >= 15 is 0 Å². The molecule has 4 atom stereocenters. The number of hydrogen-bond donors (Lipinski definition) is 0. The van der Waals surface area contributed by atoms with Gasteiger partial charge in [-0.05, 0) is 22.9 Å². The smallest absolute Gasteiger partial charge is 0.0535 e. The van der Waals surface area contributed by atoms with Gasteiger partial charge in [-0.25, -0.2) is 0 Å². The van der Waals surface area contributed by atoms with Crippen LogP contribution in [0.5, 0.6) is 0 Å². The van der Waals surface area contributed by atoms with Gasteiger partial charge >= 0.3 is 0 Å². The molecule has 0 aromatic rings. The standard InChI is InChI=1S/C10H22Si/c1-7-8(2)10(4)11(5,6)9(7)3/h7-10H,1-6H3. The summed E-state index contributed by atoms with van der Waals surface area (Å²) in [7, 11) is -0.873. The van der Waals surface area contributed by atoms with Gasteiger partial charge in [0.1, 0.15) is 0 Å². The van der Waals surface area contributed by atoms with Gasteiger partial charge in [-0.3, -0.25) is 0 Å². The summed E-state index contributed by atoms with van der Waals surface area (Å²) in [6.07, 6.45) is 0. The molecule has 0 bridgehead atoms.